The summed E-state index contributed by atoms with van der Waals surface area (Å²) in [6.07, 6.45) is 4.43. The van der Waals surface area contributed by atoms with E-state index in [1.54, 1.807) is 12.5 Å². The summed E-state index contributed by atoms with van der Waals surface area (Å²) in [5.41, 5.74) is 0. The smallest absolute Gasteiger partial charge is 0.168 e. The Morgan fingerprint density at radius 2 is 2.17 bits per heavy atom. The van der Waals surface area contributed by atoms with Gasteiger partial charge in [0.15, 0.2) is 11.6 Å². The van der Waals surface area contributed by atoms with E-state index in [0.29, 0.717) is 5.75 Å². The summed E-state index contributed by atoms with van der Waals surface area (Å²) < 4.78 is 16.7. The van der Waals surface area contributed by atoms with Gasteiger partial charge in [0.25, 0.3) is 0 Å². The van der Waals surface area contributed by atoms with Crippen molar-refractivity contribution in [2.75, 3.05) is 17.3 Å². The van der Waals surface area contributed by atoms with E-state index < -0.39 is 10.8 Å². The number of rotatable bonds is 7. The zero-order valence-corrected chi connectivity index (χ0v) is 12.3. The SMILES string of the molecule is CC(CCS(C)=O)Nc1ncccc1OC(C)C. The molecule has 1 N–H and O–H groups in total. The lowest BCUT2D eigenvalue weighted by molar-refractivity contribution is 0.242. The number of aromatic nitrogens is 1. The van der Waals surface area contributed by atoms with Crippen molar-refractivity contribution in [3.8, 4) is 5.75 Å². The van der Waals surface area contributed by atoms with Gasteiger partial charge in [0.1, 0.15) is 0 Å². The third kappa shape index (κ3) is 5.49. The molecule has 1 rings (SSSR count). The fraction of sp³-hybridized carbons (Fsp3) is 0.615. The van der Waals surface area contributed by atoms with Crippen LogP contribution in [0.3, 0.4) is 0 Å². The number of hydrogen-bond donors (Lipinski definition) is 1. The second kappa shape index (κ2) is 7.36. The van der Waals surface area contributed by atoms with Gasteiger partial charge < -0.3 is 10.1 Å². The van der Waals surface area contributed by atoms with Crippen LogP contribution < -0.4 is 10.1 Å². The fourth-order valence-electron chi connectivity index (χ4n) is 1.50. The topological polar surface area (TPSA) is 51.2 Å². The van der Waals surface area contributed by atoms with Crippen LogP contribution >= 0.6 is 0 Å². The average molecular weight is 270 g/mol. The van der Waals surface area contributed by atoms with E-state index >= 15 is 0 Å². The van der Waals surface area contributed by atoms with Crippen LogP contribution in [0.2, 0.25) is 0 Å². The molecule has 1 aromatic heterocycles. The Balaban J connectivity index is 2.62. The summed E-state index contributed by atoms with van der Waals surface area (Å²) in [6.45, 7) is 6.03. The number of pyridine rings is 1. The Hall–Kier alpha value is -1.10. The average Bonchev–Trinajstić information content (AvgIpc) is 2.28. The monoisotopic (exact) mass is 270 g/mol. The lowest BCUT2D eigenvalue weighted by Crippen LogP contribution is -2.19. The molecule has 4 nitrogen and oxygen atoms in total. The number of nitrogens with one attached hydrogen (secondary N) is 1. The van der Waals surface area contributed by atoms with Gasteiger partial charge in [-0.05, 0) is 39.3 Å². The molecule has 2 atom stereocenters. The number of nitrogens with zero attached hydrogens (tertiary/aromatic N) is 1. The Morgan fingerprint density at radius 1 is 1.44 bits per heavy atom. The molecule has 0 saturated carbocycles. The van der Waals surface area contributed by atoms with E-state index in [1.807, 2.05) is 26.0 Å². The van der Waals surface area contributed by atoms with E-state index in [0.717, 1.165) is 18.0 Å². The third-order valence-electron chi connectivity index (χ3n) is 2.35. The predicted octanol–water partition coefficient (Wildman–Crippen LogP) is 2.44. The van der Waals surface area contributed by atoms with Gasteiger partial charge in [-0.2, -0.15) is 0 Å². The molecule has 2 unspecified atom stereocenters. The van der Waals surface area contributed by atoms with Crippen LogP contribution in [0.5, 0.6) is 5.75 Å². The molecule has 0 amide bonds. The summed E-state index contributed by atoms with van der Waals surface area (Å²) in [5, 5.41) is 3.30. The van der Waals surface area contributed by atoms with Crippen LogP contribution in [0.1, 0.15) is 27.2 Å². The van der Waals surface area contributed by atoms with E-state index in [4.69, 9.17) is 4.74 Å². The lowest BCUT2D eigenvalue weighted by Gasteiger charge is -2.18. The molecule has 1 heterocycles. The van der Waals surface area contributed by atoms with Crippen molar-refractivity contribution in [2.45, 2.75) is 39.3 Å². The first kappa shape index (κ1) is 15.0. The molecule has 0 saturated heterocycles. The van der Waals surface area contributed by atoms with Gasteiger partial charge in [0.05, 0.1) is 6.10 Å². The van der Waals surface area contributed by atoms with Gasteiger partial charge in [-0.1, -0.05) is 0 Å². The molecular weight excluding hydrogens is 248 g/mol. The Labute approximate surface area is 112 Å². The van der Waals surface area contributed by atoms with Crippen LogP contribution in [0.4, 0.5) is 5.82 Å². The molecule has 0 aromatic carbocycles. The summed E-state index contributed by atoms with van der Waals surface area (Å²) in [7, 11) is -0.750. The maximum absolute atomic E-state index is 11.1. The molecule has 0 fully saturated rings. The van der Waals surface area contributed by atoms with Crippen molar-refractivity contribution in [1.82, 2.24) is 4.98 Å². The molecule has 1 aromatic rings. The first-order chi connectivity index (χ1) is 8.49. The highest BCUT2D eigenvalue weighted by atomic mass is 32.2. The van der Waals surface area contributed by atoms with Gasteiger partial charge in [-0.15, -0.1) is 0 Å². The normalized spacial score (nSPS) is 14.3. The van der Waals surface area contributed by atoms with E-state index in [2.05, 4.69) is 17.2 Å². The van der Waals surface area contributed by atoms with Crippen molar-refractivity contribution in [1.29, 1.82) is 0 Å². The maximum Gasteiger partial charge on any atom is 0.168 e. The predicted molar refractivity (Wildman–Crippen MR) is 76.6 cm³/mol. The minimum absolute atomic E-state index is 0.119. The van der Waals surface area contributed by atoms with Crippen LogP contribution in [-0.2, 0) is 10.8 Å². The highest BCUT2D eigenvalue weighted by molar-refractivity contribution is 7.84. The zero-order valence-electron chi connectivity index (χ0n) is 11.5. The summed E-state index contributed by atoms with van der Waals surface area (Å²) >= 11 is 0. The number of anilines is 1. The standard InChI is InChI=1S/C13H22N2O2S/c1-10(2)17-12-6-5-8-14-13(12)15-11(3)7-9-18(4)16/h5-6,8,10-11H,7,9H2,1-4H3,(H,14,15). The van der Waals surface area contributed by atoms with Crippen molar-refractivity contribution in [2.24, 2.45) is 0 Å². The molecule has 0 aliphatic heterocycles. The quantitative estimate of drug-likeness (QED) is 0.827. The van der Waals surface area contributed by atoms with Crippen LogP contribution in [0.25, 0.3) is 0 Å². The third-order valence-corrected chi connectivity index (χ3v) is 3.17. The van der Waals surface area contributed by atoms with Gasteiger partial charge in [-0.25, -0.2) is 4.98 Å². The zero-order chi connectivity index (χ0) is 13.5. The van der Waals surface area contributed by atoms with Gasteiger partial charge >= 0.3 is 0 Å². The maximum atomic E-state index is 11.1. The lowest BCUT2D eigenvalue weighted by atomic mass is 10.2. The largest absolute Gasteiger partial charge is 0.487 e. The van der Waals surface area contributed by atoms with Crippen LogP contribution in [0.15, 0.2) is 18.3 Å². The van der Waals surface area contributed by atoms with Crippen LogP contribution in [0, 0.1) is 0 Å². The summed E-state index contributed by atoms with van der Waals surface area (Å²) in [4.78, 5) is 4.29. The number of ether oxygens (including phenoxy) is 1. The van der Waals surface area contributed by atoms with E-state index in [9.17, 15) is 4.21 Å². The summed E-state index contributed by atoms with van der Waals surface area (Å²) in [5.74, 6) is 2.21. The molecule has 0 bridgehead atoms. The van der Waals surface area contributed by atoms with Gasteiger partial charge in [-0.3, -0.25) is 4.21 Å². The van der Waals surface area contributed by atoms with Crippen molar-refractivity contribution in [3.63, 3.8) is 0 Å². The second-order valence-electron chi connectivity index (χ2n) is 4.63. The first-order valence-corrected chi connectivity index (χ1v) is 7.90. The molecule has 0 spiro atoms. The molecule has 0 radical (unpaired) electrons. The van der Waals surface area contributed by atoms with Crippen molar-refractivity contribution in [3.05, 3.63) is 18.3 Å². The highest BCUT2D eigenvalue weighted by Gasteiger charge is 2.10. The Kier molecular flexibility index (Phi) is 6.12. The minimum atomic E-state index is -0.750. The van der Waals surface area contributed by atoms with Crippen LogP contribution in [-0.4, -0.2) is 33.3 Å². The molecule has 18 heavy (non-hydrogen) atoms. The molecule has 5 heteroatoms. The first-order valence-electron chi connectivity index (χ1n) is 6.17. The minimum Gasteiger partial charge on any atom is -0.487 e. The number of hydrogen-bond acceptors (Lipinski definition) is 4. The molecule has 102 valence electrons. The highest BCUT2D eigenvalue weighted by Crippen LogP contribution is 2.23. The Bertz CT molecular complexity index is 396. The van der Waals surface area contributed by atoms with Crippen molar-refractivity contribution < 1.29 is 8.95 Å². The van der Waals surface area contributed by atoms with Gasteiger partial charge in [0.2, 0.25) is 0 Å². The van der Waals surface area contributed by atoms with Crippen molar-refractivity contribution >= 4 is 16.6 Å². The second-order valence-corrected chi connectivity index (χ2v) is 6.18. The van der Waals surface area contributed by atoms with Gasteiger partial charge in [0, 0.05) is 35.0 Å². The summed E-state index contributed by atoms with van der Waals surface area (Å²) in [6, 6.07) is 3.98. The Morgan fingerprint density at radius 3 is 2.78 bits per heavy atom. The molecule has 0 aliphatic carbocycles. The van der Waals surface area contributed by atoms with E-state index in [1.165, 1.54) is 0 Å². The fourth-order valence-corrected chi connectivity index (χ4v) is 2.18. The van der Waals surface area contributed by atoms with E-state index in [-0.39, 0.29) is 12.1 Å². The molecule has 0 aliphatic rings. The molecular formula is C13H22N2O2S.